The number of unbranched alkanes of at least 4 members (excludes halogenated alkanes) is 1. The lowest BCUT2D eigenvalue weighted by Crippen LogP contribution is -2.10. The zero-order valence-corrected chi connectivity index (χ0v) is 17.8. The summed E-state index contributed by atoms with van der Waals surface area (Å²) in [7, 11) is 0. The first-order valence-electron chi connectivity index (χ1n) is 9.60. The number of rotatable bonds is 6. The fourth-order valence-electron chi connectivity index (χ4n) is 3.25. The number of nitrogens with zero attached hydrogens (tertiary/aromatic N) is 4. The second-order valence-electron chi connectivity index (χ2n) is 6.82. The molecular weight excluding hydrogens is 405 g/mol. The molecule has 0 aliphatic rings. The molecule has 0 unspecified atom stereocenters. The molecule has 2 heterocycles. The van der Waals surface area contributed by atoms with Gasteiger partial charge >= 0.3 is 0 Å². The molecular formula is C22H21Cl2N5. The van der Waals surface area contributed by atoms with Gasteiger partial charge in [0.1, 0.15) is 11.5 Å². The second-order valence-corrected chi connectivity index (χ2v) is 7.66. The fraction of sp³-hybridized carbons (Fsp3) is 0.227. The molecule has 7 heteroatoms. The highest BCUT2D eigenvalue weighted by Gasteiger charge is 2.21. The van der Waals surface area contributed by atoms with Gasteiger partial charge < -0.3 is 5.32 Å². The summed E-state index contributed by atoms with van der Waals surface area (Å²) in [5.41, 5.74) is 4.21. The molecule has 148 valence electrons. The number of hydrogen-bond donors (Lipinski definition) is 1. The lowest BCUT2D eigenvalue weighted by Gasteiger charge is -2.08. The summed E-state index contributed by atoms with van der Waals surface area (Å²) < 4.78 is 1.77. The molecule has 1 N–H and O–H groups in total. The number of aryl methyl sites for hydroxylation is 1. The molecule has 0 radical (unpaired) electrons. The Bertz CT molecular complexity index is 1150. The van der Waals surface area contributed by atoms with Crippen molar-refractivity contribution < 1.29 is 0 Å². The van der Waals surface area contributed by atoms with Crippen LogP contribution in [-0.4, -0.2) is 26.1 Å². The molecule has 0 saturated heterocycles. The molecule has 2 aromatic carbocycles. The molecule has 29 heavy (non-hydrogen) atoms. The monoisotopic (exact) mass is 425 g/mol. The molecule has 4 rings (SSSR count). The largest absolute Gasteiger partial charge is 0.354 e. The SMILES string of the molecule is CCCCNc1nc(C)nc2c(-c3ccc(Cl)cc3)c(-c3ccccc3Cl)nn12. The molecule has 0 saturated carbocycles. The summed E-state index contributed by atoms with van der Waals surface area (Å²) >= 11 is 12.6. The number of hydrogen-bond acceptors (Lipinski definition) is 4. The Morgan fingerprint density at radius 3 is 2.48 bits per heavy atom. The lowest BCUT2D eigenvalue weighted by molar-refractivity contribution is 0.803. The average Bonchev–Trinajstić information content (AvgIpc) is 3.08. The Hall–Kier alpha value is -2.63. The van der Waals surface area contributed by atoms with E-state index in [-0.39, 0.29) is 0 Å². The first-order valence-corrected chi connectivity index (χ1v) is 10.4. The standard InChI is InChI=1S/C22H21Cl2N5/c1-3-4-13-25-22-27-14(2)26-21-19(15-9-11-16(23)12-10-15)20(28-29(21)22)17-7-5-6-8-18(17)24/h5-12H,3-4,13H2,1-2H3,(H,25,26,27). The van der Waals surface area contributed by atoms with E-state index in [0.29, 0.717) is 21.8 Å². The van der Waals surface area contributed by atoms with E-state index in [0.717, 1.165) is 47.4 Å². The molecule has 4 aromatic rings. The van der Waals surface area contributed by atoms with Gasteiger partial charge in [0.05, 0.1) is 10.6 Å². The van der Waals surface area contributed by atoms with Crippen LogP contribution in [0.5, 0.6) is 0 Å². The van der Waals surface area contributed by atoms with Crippen molar-refractivity contribution in [2.75, 3.05) is 11.9 Å². The predicted octanol–water partition coefficient (Wildman–Crippen LogP) is 6.29. The smallest absolute Gasteiger partial charge is 0.227 e. The number of nitrogens with one attached hydrogen (secondary N) is 1. The van der Waals surface area contributed by atoms with Crippen molar-refractivity contribution in [2.24, 2.45) is 0 Å². The first-order chi connectivity index (χ1) is 14.1. The Kier molecular flexibility index (Phi) is 5.69. The maximum absolute atomic E-state index is 6.52. The third kappa shape index (κ3) is 3.93. The predicted molar refractivity (Wildman–Crippen MR) is 120 cm³/mol. The normalized spacial score (nSPS) is 11.2. The highest BCUT2D eigenvalue weighted by molar-refractivity contribution is 6.33. The van der Waals surface area contributed by atoms with Crippen LogP contribution in [0.15, 0.2) is 48.5 Å². The number of benzene rings is 2. The summed E-state index contributed by atoms with van der Waals surface area (Å²) in [6, 6.07) is 15.4. The molecule has 0 fully saturated rings. The van der Waals surface area contributed by atoms with Crippen molar-refractivity contribution in [3.05, 3.63) is 64.4 Å². The molecule has 0 atom stereocenters. The topological polar surface area (TPSA) is 55.1 Å². The van der Waals surface area contributed by atoms with E-state index >= 15 is 0 Å². The van der Waals surface area contributed by atoms with Crippen LogP contribution >= 0.6 is 23.2 Å². The third-order valence-corrected chi connectivity index (χ3v) is 5.25. The zero-order valence-electron chi connectivity index (χ0n) is 16.3. The molecule has 0 amide bonds. The summed E-state index contributed by atoms with van der Waals surface area (Å²) in [6.07, 6.45) is 2.15. The first kappa shape index (κ1) is 19.7. The Morgan fingerprint density at radius 2 is 1.76 bits per heavy atom. The Balaban J connectivity index is 2.00. The number of aromatic nitrogens is 4. The maximum atomic E-state index is 6.52. The van der Waals surface area contributed by atoms with Gasteiger partial charge in [-0.05, 0) is 37.1 Å². The van der Waals surface area contributed by atoms with Gasteiger partial charge in [0, 0.05) is 17.1 Å². The molecule has 0 bridgehead atoms. The van der Waals surface area contributed by atoms with Crippen molar-refractivity contribution >= 4 is 34.8 Å². The summed E-state index contributed by atoms with van der Waals surface area (Å²) in [6.45, 7) is 4.86. The van der Waals surface area contributed by atoms with Gasteiger partial charge in [0.25, 0.3) is 0 Å². The van der Waals surface area contributed by atoms with Crippen molar-refractivity contribution in [1.29, 1.82) is 0 Å². The molecule has 2 aromatic heterocycles. The molecule has 0 aliphatic carbocycles. The van der Waals surface area contributed by atoms with Crippen LogP contribution in [0, 0.1) is 6.92 Å². The molecule has 0 aliphatic heterocycles. The highest BCUT2D eigenvalue weighted by Crippen LogP contribution is 2.38. The fourth-order valence-corrected chi connectivity index (χ4v) is 3.61. The minimum atomic E-state index is 0.635. The number of halogens is 2. The van der Waals surface area contributed by atoms with E-state index in [1.165, 1.54) is 0 Å². The van der Waals surface area contributed by atoms with Gasteiger partial charge in [0.2, 0.25) is 5.95 Å². The van der Waals surface area contributed by atoms with Crippen LogP contribution < -0.4 is 5.32 Å². The zero-order chi connectivity index (χ0) is 20.4. The quantitative estimate of drug-likeness (QED) is 0.369. The van der Waals surface area contributed by atoms with Gasteiger partial charge in [-0.2, -0.15) is 14.6 Å². The van der Waals surface area contributed by atoms with Crippen molar-refractivity contribution in [2.45, 2.75) is 26.7 Å². The van der Waals surface area contributed by atoms with Crippen LogP contribution in [0.4, 0.5) is 5.95 Å². The van der Waals surface area contributed by atoms with Gasteiger partial charge in [-0.25, -0.2) is 4.98 Å². The van der Waals surface area contributed by atoms with E-state index < -0.39 is 0 Å². The minimum Gasteiger partial charge on any atom is -0.354 e. The van der Waals surface area contributed by atoms with E-state index in [9.17, 15) is 0 Å². The van der Waals surface area contributed by atoms with E-state index in [1.54, 1.807) is 4.52 Å². The van der Waals surface area contributed by atoms with E-state index in [4.69, 9.17) is 33.3 Å². The highest BCUT2D eigenvalue weighted by atomic mass is 35.5. The van der Waals surface area contributed by atoms with Gasteiger partial charge in [-0.1, -0.05) is 66.9 Å². The van der Waals surface area contributed by atoms with E-state index in [1.807, 2.05) is 55.5 Å². The van der Waals surface area contributed by atoms with Crippen LogP contribution in [0.3, 0.4) is 0 Å². The van der Waals surface area contributed by atoms with Crippen molar-refractivity contribution in [3.63, 3.8) is 0 Å². The van der Waals surface area contributed by atoms with Crippen LogP contribution in [0.2, 0.25) is 10.0 Å². The summed E-state index contributed by atoms with van der Waals surface area (Å²) in [5, 5.41) is 9.58. The van der Waals surface area contributed by atoms with Crippen LogP contribution in [0.1, 0.15) is 25.6 Å². The Morgan fingerprint density at radius 1 is 1.00 bits per heavy atom. The number of anilines is 1. The van der Waals surface area contributed by atoms with Crippen LogP contribution in [-0.2, 0) is 0 Å². The maximum Gasteiger partial charge on any atom is 0.227 e. The van der Waals surface area contributed by atoms with Gasteiger partial charge in [0.15, 0.2) is 5.65 Å². The molecule has 5 nitrogen and oxygen atoms in total. The van der Waals surface area contributed by atoms with E-state index in [2.05, 4.69) is 17.2 Å². The second kappa shape index (κ2) is 8.39. The van der Waals surface area contributed by atoms with Crippen molar-refractivity contribution in [1.82, 2.24) is 19.6 Å². The number of fused-ring (bicyclic) bond motifs is 1. The van der Waals surface area contributed by atoms with Crippen LogP contribution in [0.25, 0.3) is 28.0 Å². The lowest BCUT2D eigenvalue weighted by atomic mass is 10.0. The van der Waals surface area contributed by atoms with Crippen molar-refractivity contribution in [3.8, 4) is 22.4 Å². The summed E-state index contributed by atoms with van der Waals surface area (Å²) in [4.78, 5) is 9.29. The minimum absolute atomic E-state index is 0.635. The van der Waals surface area contributed by atoms with Gasteiger partial charge in [-0.3, -0.25) is 0 Å². The summed E-state index contributed by atoms with van der Waals surface area (Å²) in [5.74, 6) is 1.35. The van der Waals surface area contributed by atoms with Gasteiger partial charge in [-0.15, -0.1) is 0 Å². The molecule has 0 spiro atoms. The average molecular weight is 426 g/mol. The Labute approximate surface area is 179 Å². The third-order valence-electron chi connectivity index (χ3n) is 4.67.